The van der Waals surface area contributed by atoms with Crippen LogP contribution < -0.4 is 20.5 Å². The van der Waals surface area contributed by atoms with E-state index in [0.717, 1.165) is 36.3 Å². The summed E-state index contributed by atoms with van der Waals surface area (Å²) in [6.07, 6.45) is 25.4. The molecule has 248 valence electrons. The summed E-state index contributed by atoms with van der Waals surface area (Å²) in [5.74, 6) is 1.45. The molecule has 0 heterocycles. The number of aliphatic hydroxyl groups is 1. The Morgan fingerprint density at radius 3 is 2.30 bits per heavy atom. The van der Waals surface area contributed by atoms with Crippen LogP contribution in [-0.4, -0.2) is 55.5 Å². The first kappa shape index (κ1) is 37.6. The van der Waals surface area contributed by atoms with Gasteiger partial charge in [0.15, 0.2) is 0 Å². The number of benzene rings is 1. The van der Waals surface area contributed by atoms with Crippen molar-refractivity contribution in [1.29, 1.82) is 0 Å². The van der Waals surface area contributed by atoms with Crippen molar-refractivity contribution in [2.75, 3.05) is 33.4 Å². The highest BCUT2D eigenvalue weighted by molar-refractivity contribution is 5.76. The largest absolute Gasteiger partial charge is 0.496 e. The summed E-state index contributed by atoms with van der Waals surface area (Å²) in [4.78, 5) is 14.3. The normalized spacial score (nSPS) is 14.6. The minimum absolute atomic E-state index is 0.0272. The van der Waals surface area contributed by atoms with Gasteiger partial charge < -0.3 is 25.6 Å². The molecule has 7 nitrogen and oxygen atoms in total. The second kappa shape index (κ2) is 23.7. The minimum Gasteiger partial charge on any atom is -0.496 e. The van der Waals surface area contributed by atoms with Crippen molar-refractivity contribution >= 4 is 5.91 Å². The van der Waals surface area contributed by atoms with Crippen LogP contribution in [0, 0.1) is 0 Å². The molecule has 1 aliphatic rings. The van der Waals surface area contributed by atoms with Crippen LogP contribution in [0.4, 0.5) is 0 Å². The number of aliphatic hydroxyl groups excluding tert-OH is 1. The number of unbranched alkanes of at least 4 members (excludes halogenated alkanes) is 11. The number of carbonyl (C=O) groups is 1. The number of nitrogens with one attached hydrogen (secondary N) is 1. The summed E-state index contributed by atoms with van der Waals surface area (Å²) in [5.41, 5.74) is 9.25. The number of hydrogen-bond acceptors (Lipinski definition) is 6. The van der Waals surface area contributed by atoms with Gasteiger partial charge in [0, 0.05) is 44.2 Å². The molecule has 1 atom stereocenters. The third-order valence-electron chi connectivity index (χ3n) is 8.35. The zero-order valence-corrected chi connectivity index (χ0v) is 28.0. The number of carbonyl (C=O) groups excluding carboxylic acids is 1. The van der Waals surface area contributed by atoms with Gasteiger partial charge in [0.2, 0.25) is 5.91 Å². The molecule has 1 aliphatic carbocycles. The van der Waals surface area contributed by atoms with Gasteiger partial charge >= 0.3 is 0 Å². The van der Waals surface area contributed by atoms with Gasteiger partial charge in [-0.1, -0.05) is 108 Å². The third-order valence-corrected chi connectivity index (χ3v) is 8.35. The van der Waals surface area contributed by atoms with E-state index in [0.29, 0.717) is 38.3 Å². The van der Waals surface area contributed by atoms with Crippen LogP contribution in [0.25, 0.3) is 0 Å². The molecule has 1 aromatic rings. The van der Waals surface area contributed by atoms with E-state index in [-0.39, 0.29) is 12.5 Å². The summed E-state index contributed by atoms with van der Waals surface area (Å²) in [6.45, 7) is 6.85. The fourth-order valence-corrected chi connectivity index (χ4v) is 5.46. The fourth-order valence-electron chi connectivity index (χ4n) is 5.46. The molecule has 0 saturated heterocycles. The number of nitrogens with zero attached hydrogens (tertiary/aromatic N) is 1. The van der Waals surface area contributed by atoms with Gasteiger partial charge in [-0.25, -0.2) is 0 Å². The molecule has 0 aromatic heterocycles. The standard InChI is InChI=1S/C37H61N3O4/c1-4-6-7-8-9-10-11-12-13-14-15-16-25-40(37(42)28-38)30-33-23-24-34(27-35(33)43-3)44-26-17-18-36(41)39-29-32-21-19-31(5-2)20-22-32/h5,19,21-24,27,37,42H,4,6-18,20,25-26,28-30,38H2,1-3H3,(H,39,41)/b31-5-. The summed E-state index contributed by atoms with van der Waals surface area (Å²) in [6, 6.07) is 5.80. The van der Waals surface area contributed by atoms with Crippen molar-refractivity contribution in [3.05, 3.63) is 59.2 Å². The molecule has 7 heteroatoms. The summed E-state index contributed by atoms with van der Waals surface area (Å²) in [7, 11) is 1.65. The maximum Gasteiger partial charge on any atom is 0.220 e. The van der Waals surface area contributed by atoms with Gasteiger partial charge in [-0.2, -0.15) is 0 Å². The third kappa shape index (κ3) is 15.9. The van der Waals surface area contributed by atoms with Crippen molar-refractivity contribution in [3.63, 3.8) is 0 Å². The molecule has 0 spiro atoms. The molecule has 2 rings (SSSR count). The first-order valence-electron chi connectivity index (χ1n) is 17.2. The average Bonchev–Trinajstić information content (AvgIpc) is 3.05. The summed E-state index contributed by atoms with van der Waals surface area (Å²) < 4.78 is 11.6. The van der Waals surface area contributed by atoms with Crippen molar-refractivity contribution < 1.29 is 19.4 Å². The van der Waals surface area contributed by atoms with E-state index >= 15 is 0 Å². The van der Waals surface area contributed by atoms with Gasteiger partial charge in [0.05, 0.1) is 13.7 Å². The lowest BCUT2D eigenvalue weighted by Gasteiger charge is -2.28. The van der Waals surface area contributed by atoms with Crippen LogP contribution in [0.15, 0.2) is 53.6 Å². The lowest BCUT2D eigenvalue weighted by molar-refractivity contribution is -0.121. The number of ether oxygens (including phenoxy) is 2. The number of allylic oxidation sites excluding steroid dienone is 4. The Morgan fingerprint density at radius 1 is 1.02 bits per heavy atom. The highest BCUT2D eigenvalue weighted by Crippen LogP contribution is 2.27. The van der Waals surface area contributed by atoms with Gasteiger partial charge in [0.25, 0.3) is 0 Å². The van der Waals surface area contributed by atoms with E-state index in [4.69, 9.17) is 15.2 Å². The first-order chi connectivity index (χ1) is 21.5. The van der Waals surface area contributed by atoms with Crippen LogP contribution >= 0.6 is 0 Å². The van der Waals surface area contributed by atoms with Gasteiger partial charge in [-0.15, -0.1) is 0 Å². The molecule has 0 fully saturated rings. The van der Waals surface area contributed by atoms with E-state index in [1.807, 2.05) is 30.0 Å². The summed E-state index contributed by atoms with van der Waals surface area (Å²) >= 11 is 0. The lowest BCUT2D eigenvalue weighted by atomic mass is 10.0. The quantitative estimate of drug-likeness (QED) is 0.0779. The van der Waals surface area contributed by atoms with Crippen molar-refractivity contribution in [3.8, 4) is 11.5 Å². The van der Waals surface area contributed by atoms with E-state index < -0.39 is 6.23 Å². The van der Waals surface area contributed by atoms with Crippen molar-refractivity contribution in [1.82, 2.24) is 10.2 Å². The topological polar surface area (TPSA) is 97.0 Å². The Balaban J connectivity index is 1.68. The van der Waals surface area contributed by atoms with Crippen LogP contribution in [-0.2, 0) is 11.3 Å². The fraction of sp³-hybridized carbons (Fsp3) is 0.649. The molecule has 0 aliphatic heterocycles. The Bertz CT molecular complexity index is 1020. The predicted molar refractivity (Wildman–Crippen MR) is 183 cm³/mol. The Hall–Kier alpha value is -2.61. The molecule has 0 saturated carbocycles. The SMILES string of the molecule is C/C=C1/C=CC(CNC(=O)CCCOc2ccc(CN(CCCCCCCCCCCCCC)C(O)CN)c(OC)c2)=CC1. The molecule has 44 heavy (non-hydrogen) atoms. The minimum atomic E-state index is -0.689. The summed E-state index contributed by atoms with van der Waals surface area (Å²) in [5, 5.41) is 13.6. The highest BCUT2D eigenvalue weighted by Gasteiger charge is 2.17. The van der Waals surface area contributed by atoms with Gasteiger partial charge in [0.1, 0.15) is 17.7 Å². The molecular weight excluding hydrogens is 550 g/mol. The monoisotopic (exact) mass is 611 g/mol. The number of rotatable bonds is 25. The number of nitrogens with two attached hydrogens (primary N) is 1. The Labute approximate surface area is 268 Å². The second-order valence-corrected chi connectivity index (χ2v) is 12.0. The molecule has 0 radical (unpaired) electrons. The zero-order valence-electron chi connectivity index (χ0n) is 28.0. The number of hydrogen-bond donors (Lipinski definition) is 3. The maximum atomic E-state index is 12.3. The number of methoxy groups -OCH3 is 1. The van der Waals surface area contributed by atoms with Crippen molar-refractivity contribution in [2.24, 2.45) is 5.73 Å². The lowest BCUT2D eigenvalue weighted by Crippen LogP contribution is -2.40. The Morgan fingerprint density at radius 2 is 1.70 bits per heavy atom. The van der Waals surface area contributed by atoms with Crippen molar-refractivity contribution in [2.45, 2.75) is 123 Å². The van der Waals surface area contributed by atoms with Gasteiger partial charge in [-0.05, 0) is 43.4 Å². The molecule has 1 amide bonds. The molecule has 0 bridgehead atoms. The zero-order chi connectivity index (χ0) is 31.8. The van der Waals surface area contributed by atoms with E-state index in [9.17, 15) is 9.90 Å². The predicted octanol–water partition coefficient (Wildman–Crippen LogP) is 7.58. The van der Waals surface area contributed by atoms with Crippen LogP contribution in [0.1, 0.15) is 116 Å². The smallest absolute Gasteiger partial charge is 0.220 e. The molecule has 1 aromatic carbocycles. The molecular formula is C37H61N3O4. The first-order valence-corrected chi connectivity index (χ1v) is 17.2. The average molecular weight is 612 g/mol. The second-order valence-electron chi connectivity index (χ2n) is 12.0. The highest BCUT2D eigenvalue weighted by atomic mass is 16.5. The van der Waals surface area contributed by atoms with Gasteiger partial charge in [-0.3, -0.25) is 9.69 Å². The molecule has 1 unspecified atom stereocenters. The van der Waals surface area contributed by atoms with Crippen LogP contribution in [0.3, 0.4) is 0 Å². The number of amides is 1. The maximum absolute atomic E-state index is 12.3. The van der Waals surface area contributed by atoms with E-state index in [2.05, 4.69) is 36.5 Å². The van der Waals surface area contributed by atoms with Crippen LogP contribution in [0.5, 0.6) is 11.5 Å². The Kier molecular flexibility index (Phi) is 20.3. The van der Waals surface area contributed by atoms with E-state index in [1.54, 1.807) is 7.11 Å². The molecule has 4 N–H and O–H groups in total. The van der Waals surface area contributed by atoms with E-state index in [1.165, 1.54) is 76.2 Å². The van der Waals surface area contributed by atoms with Crippen LogP contribution in [0.2, 0.25) is 0 Å².